The molecule has 0 saturated carbocycles. The Morgan fingerprint density at radius 2 is 2.27 bits per heavy atom. The predicted molar refractivity (Wildman–Crippen MR) is 85.4 cm³/mol. The van der Waals surface area contributed by atoms with Gasteiger partial charge in [0, 0.05) is 31.9 Å². The molecule has 122 valence electrons. The Labute approximate surface area is 132 Å². The van der Waals surface area contributed by atoms with Gasteiger partial charge in [0.15, 0.2) is 9.84 Å². The highest BCUT2D eigenvalue weighted by Gasteiger charge is 2.34. The van der Waals surface area contributed by atoms with Gasteiger partial charge in [-0.25, -0.2) is 8.42 Å². The molecular formula is C16H24N2O3S. The Hall–Kier alpha value is -0.980. The Bertz CT molecular complexity index is 612. The van der Waals surface area contributed by atoms with E-state index in [0.717, 1.165) is 43.7 Å². The van der Waals surface area contributed by atoms with E-state index in [9.17, 15) is 8.42 Å². The number of sulfone groups is 1. The summed E-state index contributed by atoms with van der Waals surface area (Å²) in [5.41, 5.74) is 2.19. The Morgan fingerprint density at radius 1 is 1.41 bits per heavy atom. The first kappa shape index (κ1) is 15.9. The molecule has 0 N–H and O–H groups in total. The van der Waals surface area contributed by atoms with E-state index in [0.29, 0.717) is 12.3 Å². The second kappa shape index (κ2) is 6.64. The van der Waals surface area contributed by atoms with E-state index in [-0.39, 0.29) is 17.9 Å². The van der Waals surface area contributed by atoms with Crippen molar-refractivity contribution >= 4 is 9.84 Å². The molecule has 2 saturated heterocycles. The lowest BCUT2D eigenvalue weighted by atomic mass is 10.1. The van der Waals surface area contributed by atoms with Gasteiger partial charge in [-0.2, -0.15) is 0 Å². The minimum Gasteiger partial charge on any atom is -0.377 e. The first-order valence-corrected chi connectivity index (χ1v) is 9.82. The molecule has 2 aliphatic rings. The van der Waals surface area contributed by atoms with Gasteiger partial charge in [0.05, 0.1) is 23.3 Å². The van der Waals surface area contributed by atoms with Crippen molar-refractivity contribution in [1.29, 1.82) is 0 Å². The third-order valence-electron chi connectivity index (χ3n) is 4.66. The van der Waals surface area contributed by atoms with Gasteiger partial charge in [-0.3, -0.25) is 9.88 Å². The van der Waals surface area contributed by atoms with E-state index < -0.39 is 9.84 Å². The summed E-state index contributed by atoms with van der Waals surface area (Å²) in [6, 6.07) is 4.08. The van der Waals surface area contributed by atoms with Crippen LogP contribution in [0.2, 0.25) is 0 Å². The maximum Gasteiger partial charge on any atom is 0.151 e. The highest BCUT2D eigenvalue weighted by Crippen LogP contribution is 2.23. The molecule has 0 radical (unpaired) electrons. The van der Waals surface area contributed by atoms with Crippen LogP contribution in [0.15, 0.2) is 18.3 Å². The highest BCUT2D eigenvalue weighted by atomic mass is 32.2. The molecule has 1 aromatic heterocycles. The van der Waals surface area contributed by atoms with Gasteiger partial charge in [0.1, 0.15) is 0 Å². The Balaban J connectivity index is 1.75. The second-order valence-electron chi connectivity index (χ2n) is 6.39. The van der Waals surface area contributed by atoms with Crippen molar-refractivity contribution in [1.82, 2.24) is 9.88 Å². The number of aromatic nitrogens is 1. The fourth-order valence-electron chi connectivity index (χ4n) is 3.33. The number of aryl methyl sites for hydroxylation is 1. The first-order chi connectivity index (χ1) is 10.5. The normalized spacial score (nSPS) is 27.5. The number of pyridine rings is 1. The van der Waals surface area contributed by atoms with Crippen LogP contribution in [0.1, 0.15) is 30.5 Å². The van der Waals surface area contributed by atoms with Gasteiger partial charge in [0.2, 0.25) is 0 Å². The average molecular weight is 324 g/mol. The Kier molecular flexibility index (Phi) is 4.80. The minimum absolute atomic E-state index is 0.0932. The SMILES string of the molecule is Cc1cccnc1CN(CC1CCCO1)C1CCS(=O)(=O)C1. The van der Waals surface area contributed by atoms with E-state index in [2.05, 4.69) is 22.9 Å². The maximum atomic E-state index is 11.8. The molecule has 0 aliphatic carbocycles. The quantitative estimate of drug-likeness (QED) is 0.822. The van der Waals surface area contributed by atoms with Gasteiger partial charge in [-0.1, -0.05) is 6.07 Å². The van der Waals surface area contributed by atoms with E-state index in [1.165, 1.54) is 0 Å². The lowest BCUT2D eigenvalue weighted by Crippen LogP contribution is -2.41. The Morgan fingerprint density at radius 3 is 2.91 bits per heavy atom. The molecule has 0 aromatic carbocycles. The average Bonchev–Trinajstić information content (AvgIpc) is 3.10. The largest absolute Gasteiger partial charge is 0.377 e. The molecule has 5 nitrogen and oxygen atoms in total. The predicted octanol–water partition coefficient (Wildman–Crippen LogP) is 1.56. The third-order valence-corrected chi connectivity index (χ3v) is 6.41. The number of hydrogen-bond acceptors (Lipinski definition) is 5. The van der Waals surface area contributed by atoms with Gasteiger partial charge < -0.3 is 4.74 Å². The zero-order valence-corrected chi connectivity index (χ0v) is 13.9. The maximum absolute atomic E-state index is 11.8. The minimum atomic E-state index is -2.88. The van der Waals surface area contributed by atoms with Crippen LogP contribution in [0.3, 0.4) is 0 Å². The molecule has 2 atom stereocenters. The van der Waals surface area contributed by atoms with Crippen LogP contribution < -0.4 is 0 Å². The van der Waals surface area contributed by atoms with Crippen molar-refractivity contribution < 1.29 is 13.2 Å². The van der Waals surface area contributed by atoms with E-state index in [1.54, 1.807) is 6.20 Å². The molecule has 0 spiro atoms. The molecule has 22 heavy (non-hydrogen) atoms. The van der Waals surface area contributed by atoms with Crippen LogP contribution in [-0.2, 0) is 21.1 Å². The molecule has 6 heteroatoms. The number of rotatable bonds is 5. The van der Waals surface area contributed by atoms with Gasteiger partial charge in [-0.15, -0.1) is 0 Å². The zero-order valence-electron chi connectivity index (χ0n) is 13.1. The lowest BCUT2D eigenvalue weighted by Gasteiger charge is -2.30. The van der Waals surface area contributed by atoms with Crippen LogP contribution in [0.25, 0.3) is 0 Å². The standard InChI is InChI=1S/C16H24N2O3S/c1-13-4-2-7-17-16(13)11-18(10-15-5-3-8-21-15)14-6-9-22(19,20)12-14/h2,4,7,14-15H,3,5-6,8-12H2,1H3. The van der Waals surface area contributed by atoms with E-state index in [1.807, 2.05) is 6.07 Å². The first-order valence-electron chi connectivity index (χ1n) is 8.00. The zero-order chi connectivity index (χ0) is 15.6. The molecule has 1 aromatic rings. The molecule has 2 unspecified atom stereocenters. The number of nitrogens with zero attached hydrogens (tertiary/aromatic N) is 2. The van der Waals surface area contributed by atoms with Gasteiger partial charge in [-0.05, 0) is 37.8 Å². The number of hydrogen-bond donors (Lipinski definition) is 0. The summed E-state index contributed by atoms with van der Waals surface area (Å²) in [6.45, 7) is 4.38. The van der Waals surface area contributed by atoms with Crippen molar-refractivity contribution in [3.8, 4) is 0 Å². The van der Waals surface area contributed by atoms with Crippen LogP contribution in [0, 0.1) is 6.92 Å². The molecule has 0 amide bonds. The molecule has 3 rings (SSSR count). The van der Waals surface area contributed by atoms with E-state index >= 15 is 0 Å². The van der Waals surface area contributed by atoms with E-state index in [4.69, 9.17) is 4.74 Å². The van der Waals surface area contributed by atoms with Crippen LogP contribution in [-0.4, -0.2) is 55.1 Å². The van der Waals surface area contributed by atoms with Gasteiger partial charge >= 0.3 is 0 Å². The molecular weight excluding hydrogens is 300 g/mol. The highest BCUT2D eigenvalue weighted by molar-refractivity contribution is 7.91. The van der Waals surface area contributed by atoms with Crippen molar-refractivity contribution in [2.75, 3.05) is 24.7 Å². The molecule has 2 fully saturated rings. The molecule has 0 bridgehead atoms. The van der Waals surface area contributed by atoms with Crippen LogP contribution in [0.4, 0.5) is 0 Å². The fraction of sp³-hybridized carbons (Fsp3) is 0.688. The summed E-state index contributed by atoms with van der Waals surface area (Å²) < 4.78 is 29.4. The molecule has 2 aliphatic heterocycles. The van der Waals surface area contributed by atoms with Crippen molar-refractivity contribution in [2.24, 2.45) is 0 Å². The van der Waals surface area contributed by atoms with Crippen LogP contribution >= 0.6 is 0 Å². The monoisotopic (exact) mass is 324 g/mol. The summed E-state index contributed by atoms with van der Waals surface area (Å²) >= 11 is 0. The topological polar surface area (TPSA) is 59.5 Å². The summed E-state index contributed by atoms with van der Waals surface area (Å²) in [6.07, 6.45) is 4.92. The lowest BCUT2D eigenvalue weighted by molar-refractivity contribution is 0.0568. The molecule has 3 heterocycles. The third kappa shape index (κ3) is 3.86. The van der Waals surface area contributed by atoms with Crippen LogP contribution in [0.5, 0.6) is 0 Å². The number of ether oxygens (including phenoxy) is 1. The summed E-state index contributed by atoms with van der Waals surface area (Å²) in [5.74, 6) is 0.576. The van der Waals surface area contributed by atoms with Crippen molar-refractivity contribution in [2.45, 2.75) is 44.9 Å². The van der Waals surface area contributed by atoms with Gasteiger partial charge in [0.25, 0.3) is 0 Å². The van der Waals surface area contributed by atoms with Crippen molar-refractivity contribution in [3.63, 3.8) is 0 Å². The fourth-order valence-corrected chi connectivity index (χ4v) is 5.09. The summed E-state index contributed by atoms with van der Waals surface area (Å²) in [4.78, 5) is 6.74. The summed E-state index contributed by atoms with van der Waals surface area (Å²) in [7, 11) is -2.88. The smallest absolute Gasteiger partial charge is 0.151 e. The second-order valence-corrected chi connectivity index (χ2v) is 8.62. The summed E-state index contributed by atoms with van der Waals surface area (Å²) in [5, 5.41) is 0. The van der Waals surface area contributed by atoms with Crippen molar-refractivity contribution in [3.05, 3.63) is 29.6 Å².